The lowest BCUT2D eigenvalue weighted by Crippen LogP contribution is -2.76. The lowest BCUT2D eigenvalue weighted by atomic mass is 9.54. The fourth-order valence-corrected chi connectivity index (χ4v) is 2.27. The summed E-state index contributed by atoms with van der Waals surface area (Å²) in [7, 11) is 0. The predicted octanol–water partition coefficient (Wildman–Crippen LogP) is 0.406. The SMILES string of the molecule is CCOC1CC(N)(C(=O)NCC(C)(C)O)C1(C)C. The molecule has 2 unspecified atom stereocenters. The Hall–Kier alpha value is -0.650. The largest absolute Gasteiger partial charge is 0.389 e. The van der Waals surface area contributed by atoms with E-state index in [0.29, 0.717) is 13.0 Å². The summed E-state index contributed by atoms with van der Waals surface area (Å²) in [4.78, 5) is 12.2. The summed E-state index contributed by atoms with van der Waals surface area (Å²) in [6.45, 7) is 9.92. The van der Waals surface area contributed by atoms with Crippen LogP contribution in [0.5, 0.6) is 0 Å². The van der Waals surface area contributed by atoms with Crippen LogP contribution in [0.15, 0.2) is 0 Å². The van der Waals surface area contributed by atoms with Gasteiger partial charge in [0, 0.05) is 25.0 Å². The summed E-state index contributed by atoms with van der Waals surface area (Å²) >= 11 is 0. The quantitative estimate of drug-likeness (QED) is 0.666. The number of carbonyl (C=O) groups excluding carboxylic acids is 1. The maximum Gasteiger partial charge on any atom is 0.240 e. The first-order valence-electron chi connectivity index (χ1n) is 6.46. The van der Waals surface area contributed by atoms with Crippen LogP contribution in [0.2, 0.25) is 0 Å². The van der Waals surface area contributed by atoms with Gasteiger partial charge in [-0.3, -0.25) is 4.79 Å². The van der Waals surface area contributed by atoms with Gasteiger partial charge in [-0.25, -0.2) is 0 Å². The number of rotatable bonds is 5. The molecular formula is C13H26N2O3. The highest BCUT2D eigenvalue weighted by molar-refractivity contribution is 5.88. The van der Waals surface area contributed by atoms with Gasteiger partial charge >= 0.3 is 0 Å². The maximum atomic E-state index is 12.2. The van der Waals surface area contributed by atoms with Crippen LogP contribution >= 0.6 is 0 Å². The highest BCUT2D eigenvalue weighted by Crippen LogP contribution is 2.49. The standard InChI is InChI=1S/C13H26N2O3/c1-6-18-9-7-13(14,12(9,4)5)10(16)15-8-11(2,3)17/h9,17H,6-8,14H2,1-5H3,(H,15,16). The Morgan fingerprint density at radius 3 is 2.50 bits per heavy atom. The van der Waals surface area contributed by atoms with E-state index >= 15 is 0 Å². The molecule has 1 saturated carbocycles. The molecule has 0 radical (unpaired) electrons. The summed E-state index contributed by atoms with van der Waals surface area (Å²) in [6.07, 6.45) is 0.534. The Kier molecular flexibility index (Phi) is 4.10. The number of amides is 1. The maximum absolute atomic E-state index is 12.2. The Balaban J connectivity index is 2.64. The molecule has 18 heavy (non-hydrogen) atoms. The molecule has 1 amide bonds. The molecule has 1 aliphatic carbocycles. The zero-order valence-corrected chi connectivity index (χ0v) is 12.0. The van der Waals surface area contributed by atoms with E-state index in [2.05, 4.69) is 5.32 Å². The third kappa shape index (κ3) is 2.68. The first-order chi connectivity index (χ1) is 8.04. The second-order valence-corrected chi connectivity index (χ2v) is 6.34. The third-order valence-corrected chi connectivity index (χ3v) is 3.92. The van der Waals surface area contributed by atoms with Crippen molar-refractivity contribution in [3.8, 4) is 0 Å². The van der Waals surface area contributed by atoms with Crippen LogP contribution in [-0.2, 0) is 9.53 Å². The number of aliphatic hydroxyl groups is 1. The van der Waals surface area contributed by atoms with Gasteiger partial charge in [0.15, 0.2) is 0 Å². The summed E-state index contributed by atoms with van der Waals surface area (Å²) in [5, 5.41) is 12.3. The number of carbonyl (C=O) groups is 1. The highest BCUT2D eigenvalue weighted by Gasteiger charge is 2.62. The van der Waals surface area contributed by atoms with Crippen LogP contribution in [-0.4, -0.2) is 41.4 Å². The highest BCUT2D eigenvalue weighted by atomic mass is 16.5. The number of hydrogen-bond donors (Lipinski definition) is 3. The number of hydrogen-bond acceptors (Lipinski definition) is 4. The van der Waals surface area contributed by atoms with Crippen molar-refractivity contribution in [1.82, 2.24) is 5.32 Å². The topological polar surface area (TPSA) is 84.6 Å². The second kappa shape index (κ2) is 4.79. The Bertz CT molecular complexity index is 323. The van der Waals surface area contributed by atoms with Crippen molar-refractivity contribution in [2.24, 2.45) is 11.1 Å². The average molecular weight is 258 g/mol. The summed E-state index contributed by atoms with van der Waals surface area (Å²) in [5.41, 5.74) is 3.95. The van der Waals surface area contributed by atoms with Gasteiger partial charge in [0.2, 0.25) is 5.91 Å². The van der Waals surface area contributed by atoms with E-state index in [1.54, 1.807) is 13.8 Å². The molecular weight excluding hydrogens is 232 g/mol. The molecule has 0 aromatic carbocycles. The van der Waals surface area contributed by atoms with Crippen LogP contribution in [0.25, 0.3) is 0 Å². The van der Waals surface area contributed by atoms with Crippen molar-refractivity contribution < 1.29 is 14.6 Å². The van der Waals surface area contributed by atoms with Gasteiger partial charge in [0.05, 0.1) is 11.7 Å². The van der Waals surface area contributed by atoms with Crippen LogP contribution in [0, 0.1) is 5.41 Å². The van der Waals surface area contributed by atoms with E-state index < -0.39 is 16.6 Å². The van der Waals surface area contributed by atoms with Crippen molar-refractivity contribution in [2.45, 2.75) is 58.3 Å². The van der Waals surface area contributed by atoms with Gasteiger partial charge in [0.25, 0.3) is 0 Å². The zero-order valence-electron chi connectivity index (χ0n) is 12.0. The molecule has 1 fully saturated rings. The monoisotopic (exact) mass is 258 g/mol. The number of ether oxygens (including phenoxy) is 1. The lowest BCUT2D eigenvalue weighted by molar-refractivity contribution is -0.171. The molecule has 1 aliphatic rings. The molecule has 4 N–H and O–H groups in total. The lowest BCUT2D eigenvalue weighted by Gasteiger charge is -2.57. The van der Waals surface area contributed by atoms with E-state index in [0.717, 1.165) is 0 Å². The predicted molar refractivity (Wildman–Crippen MR) is 70.0 cm³/mol. The Labute approximate surface area is 109 Å². The van der Waals surface area contributed by atoms with E-state index in [4.69, 9.17) is 10.5 Å². The molecule has 0 spiro atoms. The molecule has 1 rings (SSSR count). The summed E-state index contributed by atoms with van der Waals surface area (Å²) < 4.78 is 5.57. The molecule has 0 aromatic heterocycles. The van der Waals surface area contributed by atoms with Gasteiger partial charge in [-0.2, -0.15) is 0 Å². The third-order valence-electron chi connectivity index (χ3n) is 3.92. The minimum Gasteiger partial charge on any atom is -0.389 e. The van der Waals surface area contributed by atoms with Gasteiger partial charge in [0.1, 0.15) is 5.54 Å². The molecule has 0 heterocycles. The van der Waals surface area contributed by atoms with Crippen molar-refractivity contribution in [2.75, 3.05) is 13.2 Å². The van der Waals surface area contributed by atoms with E-state index in [1.807, 2.05) is 20.8 Å². The van der Waals surface area contributed by atoms with Crippen molar-refractivity contribution in [3.63, 3.8) is 0 Å². The van der Waals surface area contributed by atoms with Gasteiger partial charge < -0.3 is 20.9 Å². The molecule has 106 valence electrons. The Morgan fingerprint density at radius 2 is 2.11 bits per heavy atom. The second-order valence-electron chi connectivity index (χ2n) is 6.34. The van der Waals surface area contributed by atoms with Gasteiger partial charge in [-0.05, 0) is 20.8 Å². The summed E-state index contributed by atoms with van der Waals surface area (Å²) in [5.74, 6) is -0.217. The van der Waals surface area contributed by atoms with Crippen LogP contribution in [0.3, 0.4) is 0 Å². The van der Waals surface area contributed by atoms with E-state index in [9.17, 15) is 9.90 Å². The molecule has 5 nitrogen and oxygen atoms in total. The van der Waals surface area contributed by atoms with E-state index in [1.165, 1.54) is 0 Å². The number of nitrogens with two attached hydrogens (primary N) is 1. The van der Waals surface area contributed by atoms with Crippen molar-refractivity contribution in [1.29, 1.82) is 0 Å². The minimum atomic E-state index is -0.931. The molecule has 0 aromatic rings. The average Bonchev–Trinajstić information content (AvgIpc) is 2.24. The van der Waals surface area contributed by atoms with Crippen molar-refractivity contribution in [3.05, 3.63) is 0 Å². The molecule has 0 saturated heterocycles. The fourth-order valence-electron chi connectivity index (χ4n) is 2.27. The first-order valence-corrected chi connectivity index (χ1v) is 6.46. The molecule has 2 atom stereocenters. The Morgan fingerprint density at radius 1 is 1.56 bits per heavy atom. The van der Waals surface area contributed by atoms with Gasteiger partial charge in [-0.1, -0.05) is 13.8 Å². The number of nitrogens with one attached hydrogen (secondary N) is 1. The first kappa shape index (κ1) is 15.4. The zero-order chi connectivity index (χ0) is 14.2. The van der Waals surface area contributed by atoms with Crippen LogP contribution < -0.4 is 11.1 Å². The van der Waals surface area contributed by atoms with Gasteiger partial charge in [-0.15, -0.1) is 0 Å². The van der Waals surface area contributed by atoms with E-state index in [-0.39, 0.29) is 18.6 Å². The van der Waals surface area contributed by atoms with Crippen LogP contribution in [0.4, 0.5) is 0 Å². The van der Waals surface area contributed by atoms with Crippen molar-refractivity contribution >= 4 is 5.91 Å². The minimum absolute atomic E-state index is 0.0142. The molecule has 5 heteroatoms. The molecule has 0 aliphatic heterocycles. The van der Waals surface area contributed by atoms with Crippen LogP contribution in [0.1, 0.15) is 41.0 Å². The smallest absolute Gasteiger partial charge is 0.240 e. The fraction of sp³-hybridized carbons (Fsp3) is 0.923. The molecule has 0 bridgehead atoms. The summed E-state index contributed by atoms with van der Waals surface area (Å²) in [6, 6.07) is 0. The normalized spacial score (nSPS) is 30.7.